The van der Waals surface area contributed by atoms with Gasteiger partial charge in [-0.3, -0.25) is 0 Å². The molecule has 0 aliphatic rings. The monoisotopic (exact) mass is 221 g/mol. The van der Waals surface area contributed by atoms with Crippen LogP contribution in [0.2, 0.25) is 0 Å². The number of urea groups is 1. The molecule has 0 heterocycles. The van der Waals surface area contributed by atoms with Gasteiger partial charge in [-0.1, -0.05) is 37.3 Å². The lowest BCUT2D eigenvalue weighted by atomic mass is 10.2. The Bertz CT molecular complexity index is 313. The van der Waals surface area contributed by atoms with Gasteiger partial charge in [0.05, 0.1) is 0 Å². The van der Waals surface area contributed by atoms with E-state index >= 15 is 0 Å². The second kappa shape index (κ2) is 6.85. The first-order chi connectivity index (χ1) is 7.72. The summed E-state index contributed by atoms with van der Waals surface area (Å²) in [6.07, 6.45) is 0. The zero-order valence-corrected chi connectivity index (χ0v) is 9.57. The number of nitrogens with one attached hydrogen (secondary N) is 2. The number of carbonyl (C=O) groups excluding carboxylic acids is 1. The Kier molecular flexibility index (Phi) is 5.36. The molecule has 1 aromatic rings. The van der Waals surface area contributed by atoms with Gasteiger partial charge < -0.3 is 16.4 Å². The smallest absolute Gasteiger partial charge is 0.315 e. The third kappa shape index (κ3) is 4.79. The van der Waals surface area contributed by atoms with Gasteiger partial charge in [0, 0.05) is 13.1 Å². The number of hydrogen-bond donors (Lipinski definition) is 3. The standard InChI is InChI=1S/C12H19N3O/c1-10(7-13)8-14-12(16)15-9-11-5-3-2-4-6-11/h2-6,10H,7-9,13H2,1H3,(H2,14,15,16). The van der Waals surface area contributed by atoms with Gasteiger partial charge in [-0.25, -0.2) is 4.79 Å². The van der Waals surface area contributed by atoms with Crippen LogP contribution < -0.4 is 16.4 Å². The number of carbonyl (C=O) groups is 1. The number of benzene rings is 1. The Morgan fingerprint density at radius 3 is 2.62 bits per heavy atom. The van der Waals surface area contributed by atoms with Crippen molar-refractivity contribution in [3.8, 4) is 0 Å². The predicted molar refractivity (Wildman–Crippen MR) is 64.9 cm³/mol. The summed E-state index contributed by atoms with van der Waals surface area (Å²) in [6.45, 7) is 3.73. The highest BCUT2D eigenvalue weighted by molar-refractivity contribution is 5.73. The average Bonchev–Trinajstić information content (AvgIpc) is 2.34. The van der Waals surface area contributed by atoms with Crippen LogP contribution in [0.25, 0.3) is 0 Å². The van der Waals surface area contributed by atoms with Crippen LogP contribution in [-0.2, 0) is 6.54 Å². The van der Waals surface area contributed by atoms with Crippen LogP contribution in [0.3, 0.4) is 0 Å². The van der Waals surface area contributed by atoms with Crippen molar-refractivity contribution in [2.75, 3.05) is 13.1 Å². The van der Waals surface area contributed by atoms with E-state index in [2.05, 4.69) is 10.6 Å². The van der Waals surface area contributed by atoms with Crippen molar-refractivity contribution in [2.45, 2.75) is 13.5 Å². The third-order valence-corrected chi connectivity index (χ3v) is 2.31. The van der Waals surface area contributed by atoms with Gasteiger partial charge in [0.2, 0.25) is 0 Å². The Morgan fingerprint density at radius 1 is 1.31 bits per heavy atom. The quantitative estimate of drug-likeness (QED) is 0.696. The van der Waals surface area contributed by atoms with Crippen LogP contribution in [0.4, 0.5) is 4.79 Å². The van der Waals surface area contributed by atoms with E-state index in [4.69, 9.17) is 5.73 Å². The molecule has 0 saturated carbocycles. The van der Waals surface area contributed by atoms with E-state index < -0.39 is 0 Å². The minimum absolute atomic E-state index is 0.149. The van der Waals surface area contributed by atoms with Gasteiger partial charge in [-0.2, -0.15) is 0 Å². The van der Waals surface area contributed by atoms with E-state index in [-0.39, 0.29) is 6.03 Å². The van der Waals surface area contributed by atoms with Gasteiger partial charge in [-0.05, 0) is 18.0 Å². The molecular weight excluding hydrogens is 202 g/mol. The molecule has 88 valence electrons. The van der Waals surface area contributed by atoms with Crippen LogP contribution in [0, 0.1) is 5.92 Å². The lowest BCUT2D eigenvalue weighted by Gasteiger charge is -2.11. The van der Waals surface area contributed by atoms with Crippen molar-refractivity contribution in [2.24, 2.45) is 11.7 Å². The highest BCUT2D eigenvalue weighted by Crippen LogP contribution is 1.96. The number of amides is 2. The first-order valence-corrected chi connectivity index (χ1v) is 5.48. The van der Waals surface area contributed by atoms with Crippen molar-refractivity contribution in [1.29, 1.82) is 0 Å². The van der Waals surface area contributed by atoms with Gasteiger partial charge in [-0.15, -0.1) is 0 Å². The molecule has 4 heteroatoms. The fourth-order valence-corrected chi connectivity index (χ4v) is 1.19. The molecule has 1 unspecified atom stereocenters. The van der Waals surface area contributed by atoms with Crippen molar-refractivity contribution in [3.63, 3.8) is 0 Å². The summed E-state index contributed by atoms with van der Waals surface area (Å²) in [6, 6.07) is 9.65. The summed E-state index contributed by atoms with van der Waals surface area (Å²) in [5, 5.41) is 5.56. The molecule has 0 spiro atoms. The second-order valence-corrected chi connectivity index (χ2v) is 3.89. The second-order valence-electron chi connectivity index (χ2n) is 3.89. The first-order valence-electron chi connectivity index (χ1n) is 5.48. The summed E-state index contributed by atoms with van der Waals surface area (Å²) in [5.41, 5.74) is 6.54. The largest absolute Gasteiger partial charge is 0.338 e. The highest BCUT2D eigenvalue weighted by Gasteiger charge is 2.02. The molecular formula is C12H19N3O. The molecule has 0 bridgehead atoms. The van der Waals surface area contributed by atoms with E-state index in [9.17, 15) is 4.79 Å². The molecule has 0 aliphatic heterocycles. The molecule has 16 heavy (non-hydrogen) atoms. The minimum Gasteiger partial charge on any atom is -0.338 e. The lowest BCUT2D eigenvalue weighted by molar-refractivity contribution is 0.239. The zero-order valence-electron chi connectivity index (χ0n) is 9.57. The van der Waals surface area contributed by atoms with Crippen LogP contribution in [0.1, 0.15) is 12.5 Å². The number of nitrogens with two attached hydrogens (primary N) is 1. The maximum atomic E-state index is 11.4. The molecule has 1 rings (SSSR count). The molecule has 0 radical (unpaired) electrons. The molecule has 1 atom stereocenters. The van der Waals surface area contributed by atoms with Crippen LogP contribution in [0.5, 0.6) is 0 Å². The molecule has 0 fully saturated rings. The molecule has 0 saturated heterocycles. The fourth-order valence-electron chi connectivity index (χ4n) is 1.19. The highest BCUT2D eigenvalue weighted by atomic mass is 16.2. The topological polar surface area (TPSA) is 67.1 Å². The van der Waals surface area contributed by atoms with Crippen molar-refractivity contribution in [3.05, 3.63) is 35.9 Å². The average molecular weight is 221 g/mol. The van der Waals surface area contributed by atoms with E-state index in [1.165, 1.54) is 0 Å². The number of hydrogen-bond acceptors (Lipinski definition) is 2. The van der Waals surface area contributed by atoms with E-state index in [1.54, 1.807) is 0 Å². The van der Waals surface area contributed by atoms with Crippen LogP contribution in [0.15, 0.2) is 30.3 Å². The maximum absolute atomic E-state index is 11.4. The SMILES string of the molecule is CC(CN)CNC(=O)NCc1ccccc1. The minimum atomic E-state index is -0.149. The Hall–Kier alpha value is -1.55. The Labute approximate surface area is 96.2 Å². The van der Waals surface area contributed by atoms with Gasteiger partial charge in [0.25, 0.3) is 0 Å². The molecule has 0 aliphatic carbocycles. The summed E-state index contributed by atoms with van der Waals surface area (Å²) in [5.74, 6) is 0.308. The molecule has 4 nitrogen and oxygen atoms in total. The van der Waals surface area contributed by atoms with Crippen LogP contribution in [-0.4, -0.2) is 19.1 Å². The van der Waals surface area contributed by atoms with E-state index in [0.29, 0.717) is 25.6 Å². The van der Waals surface area contributed by atoms with Crippen LogP contribution >= 0.6 is 0 Å². The normalized spacial score (nSPS) is 11.9. The number of rotatable bonds is 5. The Balaban J connectivity index is 2.20. The summed E-state index contributed by atoms with van der Waals surface area (Å²) in [4.78, 5) is 11.4. The summed E-state index contributed by atoms with van der Waals surface area (Å²) in [7, 11) is 0. The maximum Gasteiger partial charge on any atom is 0.315 e. The van der Waals surface area contributed by atoms with Crippen molar-refractivity contribution < 1.29 is 4.79 Å². The lowest BCUT2D eigenvalue weighted by Crippen LogP contribution is -2.38. The van der Waals surface area contributed by atoms with E-state index in [0.717, 1.165) is 5.56 Å². The Morgan fingerprint density at radius 2 is 2.00 bits per heavy atom. The van der Waals surface area contributed by atoms with Gasteiger partial charge in [0.15, 0.2) is 0 Å². The third-order valence-electron chi connectivity index (χ3n) is 2.31. The van der Waals surface area contributed by atoms with Gasteiger partial charge in [0.1, 0.15) is 0 Å². The summed E-state index contributed by atoms with van der Waals surface area (Å²) >= 11 is 0. The first kappa shape index (κ1) is 12.5. The zero-order chi connectivity index (χ0) is 11.8. The fraction of sp³-hybridized carbons (Fsp3) is 0.417. The van der Waals surface area contributed by atoms with Crippen molar-refractivity contribution >= 4 is 6.03 Å². The molecule has 4 N–H and O–H groups in total. The molecule has 0 aromatic heterocycles. The summed E-state index contributed by atoms with van der Waals surface area (Å²) < 4.78 is 0. The predicted octanol–water partition coefficient (Wildman–Crippen LogP) is 1.08. The van der Waals surface area contributed by atoms with Gasteiger partial charge >= 0.3 is 6.03 Å². The molecule has 1 aromatic carbocycles. The van der Waals surface area contributed by atoms with Crippen molar-refractivity contribution in [1.82, 2.24) is 10.6 Å². The van der Waals surface area contributed by atoms with E-state index in [1.807, 2.05) is 37.3 Å². The molecule has 2 amide bonds.